The number of nitrogens with two attached hydrogens (primary N) is 1. The third-order valence-electron chi connectivity index (χ3n) is 5.69. The van der Waals surface area contributed by atoms with Crippen LogP contribution in [-0.2, 0) is 21.4 Å². The van der Waals surface area contributed by atoms with Gasteiger partial charge in [-0.25, -0.2) is 8.42 Å². The Balaban J connectivity index is 1.66. The maximum atomic E-state index is 13.1. The molecule has 27 heavy (non-hydrogen) atoms. The van der Waals surface area contributed by atoms with Gasteiger partial charge in [0.1, 0.15) is 0 Å². The van der Waals surface area contributed by atoms with E-state index in [2.05, 4.69) is 10.2 Å². The minimum Gasteiger partial charge on any atom is -0.352 e. The van der Waals surface area contributed by atoms with E-state index in [1.807, 2.05) is 7.05 Å². The molecule has 8 heteroatoms. The molecule has 0 aromatic heterocycles. The molecule has 1 saturated heterocycles. The molecule has 2 atom stereocenters. The van der Waals surface area contributed by atoms with Crippen LogP contribution in [0.15, 0.2) is 29.2 Å². The van der Waals surface area contributed by atoms with Gasteiger partial charge in [0.25, 0.3) is 0 Å². The van der Waals surface area contributed by atoms with Crippen LogP contribution in [0.3, 0.4) is 0 Å². The first-order valence-electron chi connectivity index (χ1n) is 9.67. The number of piperazine rings is 1. The average molecular weight is 395 g/mol. The summed E-state index contributed by atoms with van der Waals surface area (Å²) in [6, 6.07) is 7.02. The maximum Gasteiger partial charge on any atom is 0.243 e. The van der Waals surface area contributed by atoms with E-state index in [0.29, 0.717) is 25.1 Å². The third kappa shape index (κ3) is 4.87. The predicted molar refractivity (Wildman–Crippen MR) is 104 cm³/mol. The smallest absolute Gasteiger partial charge is 0.243 e. The van der Waals surface area contributed by atoms with Crippen molar-refractivity contribution in [1.82, 2.24) is 14.5 Å². The van der Waals surface area contributed by atoms with Gasteiger partial charge in [-0.15, -0.1) is 0 Å². The number of benzene rings is 1. The number of amides is 1. The van der Waals surface area contributed by atoms with E-state index < -0.39 is 10.0 Å². The summed E-state index contributed by atoms with van der Waals surface area (Å²) in [4.78, 5) is 14.7. The molecule has 3 N–H and O–H groups in total. The Morgan fingerprint density at radius 3 is 2.56 bits per heavy atom. The van der Waals surface area contributed by atoms with Crippen LogP contribution in [0.2, 0.25) is 0 Å². The summed E-state index contributed by atoms with van der Waals surface area (Å²) in [5.74, 6) is 0.165. The molecule has 2 fully saturated rings. The molecule has 150 valence electrons. The van der Waals surface area contributed by atoms with E-state index in [-0.39, 0.29) is 29.3 Å². The highest BCUT2D eigenvalue weighted by molar-refractivity contribution is 7.89. The zero-order valence-corrected chi connectivity index (χ0v) is 16.7. The van der Waals surface area contributed by atoms with Crippen molar-refractivity contribution in [2.45, 2.75) is 43.2 Å². The highest BCUT2D eigenvalue weighted by Gasteiger charge is 2.30. The molecule has 0 unspecified atom stereocenters. The Hall–Kier alpha value is -1.48. The van der Waals surface area contributed by atoms with E-state index >= 15 is 0 Å². The molecule has 1 saturated carbocycles. The third-order valence-corrected chi connectivity index (χ3v) is 7.69. The van der Waals surface area contributed by atoms with Crippen LogP contribution >= 0.6 is 0 Å². The molecular weight excluding hydrogens is 364 g/mol. The molecule has 1 aromatic carbocycles. The molecule has 3 rings (SSSR count). The largest absolute Gasteiger partial charge is 0.352 e. The van der Waals surface area contributed by atoms with E-state index in [1.165, 1.54) is 4.31 Å². The van der Waals surface area contributed by atoms with Crippen molar-refractivity contribution in [1.29, 1.82) is 0 Å². The van der Waals surface area contributed by atoms with E-state index in [1.54, 1.807) is 24.3 Å². The number of carbonyl (C=O) groups excluding carboxylic acids is 1. The topological polar surface area (TPSA) is 95.7 Å². The van der Waals surface area contributed by atoms with Crippen LogP contribution in [0.25, 0.3) is 0 Å². The zero-order valence-electron chi connectivity index (χ0n) is 15.9. The zero-order chi connectivity index (χ0) is 19.4. The Bertz CT molecular complexity index is 760. The fourth-order valence-corrected chi connectivity index (χ4v) is 5.54. The van der Waals surface area contributed by atoms with Crippen molar-refractivity contribution < 1.29 is 13.2 Å². The maximum absolute atomic E-state index is 13.1. The first kappa shape index (κ1) is 20.3. The summed E-state index contributed by atoms with van der Waals surface area (Å²) in [7, 11) is -1.57. The summed E-state index contributed by atoms with van der Waals surface area (Å²) >= 11 is 0. The second-order valence-electron chi connectivity index (χ2n) is 7.65. The van der Waals surface area contributed by atoms with Crippen molar-refractivity contribution in [3.05, 3.63) is 29.8 Å². The summed E-state index contributed by atoms with van der Waals surface area (Å²) in [5, 5.41) is 2.88. The van der Waals surface area contributed by atoms with Gasteiger partial charge in [-0.05, 0) is 37.4 Å². The van der Waals surface area contributed by atoms with E-state index in [9.17, 15) is 13.2 Å². The molecule has 0 bridgehead atoms. The Morgan fingerprint density at radius 1 is 1.19 bits per heavy atom. The predicted octanol–water partition coefficient (Wildman–Crippen LogP) is 0.756. The van der Waals surface area contributed by atoms with Crippen molar-refractivity contribution >= 4 is 15.9 Å². The fourth-order valence-electron chi connectivity index (χ4n) is 3.89. The molecule has 0 spiro atoms. The number of likely N-dealkylation sites (N-methyl/N-ethyl adjacent to an activating group) is 1. The molecule has 1 aromatic rings. The van der Waals surface area contributed by atoms with Crippen molar-refractivity contribution in [3.8, 4) is 0 Å². The number of hydrogen-bond donors (Lipinski definition) is 2. The fraction of sp³-hybridized carbons (Fsp3) is 0.632. The van der Waals surface area contributed by atoms with Crippen molar-refractivity contribution in [2.75, 3.05) is 33.2 Å². The van der Waals surface area contributed by atoms with Gasteiger partial charge in [0, 0.05) is 45.2 Å². The minimum atomic E-state index is -3.56. The van der Waals surface area contributed by atoms with Crippen molar-refractivity contribution in [3.63, 3.8) is 0 Å². The first-order chi connectivity index (χ1) is 12.9. The van der Waals surface area contributed by atoms with Crippen molar-refractivity contribution in [2.24, 2.45) is 11.7 Å². The van der Waals surface area contributed by atoms with E-state index in [4.69, 9.17) is 5.73 Å². The molecule has 2 aliphatic rings. The van der Waals surface area contributed by atoms with Crippen LogP contribution in [0.1, 0.15) is 31.2 Å². The lowest BCUT2D eigenvalue weighted by Crippen LogP contribution is -2.47. The molecule has 1 aliphatic carbocycles. The second kappa shape index (κ2) is 8.68. The Labute approximate surface area is 161 Å². The van der Waals surface area contributed by atoms with Gasteiger partial charge in [-0.2, -0.15) is 4.31 Å². The van der Waals surface area contributed by atoms with Gasteiger partial charge in [0.2, 0.25) is 15.9 Å². The quantitative estimate of drug-likeness (QED) is 0.743. The summed E-state index contributed by atoms with van der Waals surface area (Å²) < 4.78 is 27.7. The Kier molecular flexibility index (Phi) is 6.52. The lowest BCUT2D eigenvalue weighted by Gasteiger charge is -2.32. The van der Waals surface area contributed by atoms with E-state index in [0.717, 1.165) is 32.4 Å². The summed E-state index contributed by atoms with van der Waals surface area (Å²) in [5.41, 5.74) is 6.67. The van der Waals surface area contributed by atoms with Gasteiger partial charge in [-0.3, -0.25) is 4.79 Å². The Morgan fingerprint density at radius 2 is 1.89 bits per heavy atom. The highest BCUT2D eigenvalue weighted by atomic mass is 32.2. The van der Waals surface area contributed by atoms with Crippen LogP contribution in [0.5, 0.6) is 0 Å². The van der Waals surface area contributed by atoms with Crippen LogP contribution < -0.4 is 11.1 Å². The van der Waals surface area contributed by atoms with Crippen LogP contribution in [-0.4, -0.2) is 62.8 Å². The number of hydrogen-bond acceptors (Lipinski definition) is 5. The number of rotatable bonds is 6. The molecular formula is C19H30N4O3S. The van der Waals surface area contributed by atoms with Gasteiger partial charge >= 0.3 is 0 Å². The average Bonchev–Trinajstić information content (AvgIpc) is 3.05. The number of sulfonamides is 1. The van der Waals surface area contributed by atoms with Gasteiger partial charge in [0.15, 0.2) is 0 Å². The normalized spacial score (nSPS) is 24.8. The second-order valence-corrected chi connectivity index (χ2v) is 9.56. The number of nitrogens with zero attached hydrogens (tertiary/aromatic N) is 2. The molecule has 0 radical (unpaired) electrons. The standard InChI is InChI=1S/C19H30N4O3S/c1-22-9-11-23(12-10-22)27(25,26)18-8-3-2-5-16(18)14-21-19(24)13-15-6-4-7-17(15)20/h2-3,5,8,15,17H,4,6-7,9-14,20H2,1H3,(H,21,24)/t15-,17+/m0/s1. The van der Waals surface area contributed by atoms with Gasteiger partial charge in [-0.1, -0.05) is 24.6 Å². The molecule has 1 heterocycles. The first-order valence-corrected chi connectivity index (χ1v) is 11.1. The molecule has 1 aliphatic heterocycles. The lowest BCUT2D eigenvalue weighted by molar-refractivity contribution is -0.122. The molecule has 7 nitrogen and oxygen atoms in total. The van der Waals surface area contributed by atoms with Crippen LogP contribution in [0.4, 0.5) is 0 Å². The number of nitrogens with one attached hydrogen (secondary N) is 1. The van der Waals surface area contributed by atoms with Crippen LogP contribution in [0, 0.1) is 5.92 Å². The minimum absolute atomic E-state index is 0.0656. The lowest BCUT2D eigenvalue weighted by atomic mass is 10.00. The van der Waals surface area contributed by atoms with Gasteiger partial charge < -0.3 is 16.0 Å². The molecule has 1 amide bonds. The monoisotopic (exact) mass is 394 g/mol. The summed E-state index contributed by atoms with van der Waals surface area (Å²) in [6.45, 7) is 2.63. The highest BCUT2D eigenvalue weighted by Crippen LogP contribution is 2.27. The number of carbonyl (C=O) groups is 1. The van der Waals surface area contributed by atoms with Gasteiger partial charge in [0.05, 0.1) is 4.90 Å². The SMILES string of the molecule is CN1CCN(S(=O)(=O)c2ccccc2CNC(=O)C[C@@H]2CCC[C@H]2N)CC1. The summed E-state index contributed by atoms with van der Waals surface area (Å²) in [6.07, 6.45) is 3.45.